The fourth-order valence-electron chi connectivity index (χ4n) is 2.19. The molecule has 0 saturated heterocycles. The molecule has 1 atom stereocenters. The number of hydrogen-bond donors (Lipinski definition) is 2. The molecule has 2 N–H and O–H groups in total. The first-order valence-electron chi connectivity index (χ1n) is 7.16. The van der Waals surface area contributed by atoms with Crippen LogP contribution < -0.4 is 5.32 Å². The molecule has 3 rings (SSSR count). The molecule has 110 valence electrons. The van der Waals surface area contributed by atoms with E-state index in [1.807, 2.05) is 37.3 Å². The maximum atomic E-state index is 10.2. The summed E-state index contributed by atoms with van der Waals surface area (Å²) in [7, 11) is 0. The molecule has 1 aliphatic rings. The Labute approximate surface area is 129 Å². The lowest BCUT2D eigenvalue weighted by Gasteiger charge is -2.15. The highest BCUT2D eigenvalue weighted by Crippen LogP contribution is 2.39. The van der Waals surface area contributed by atoms with E-state index in [4.69, 9.17) is 11.6 Å². The molecule has 0 bridgehead atoms. The van der Waals surface area contributed by atoms with E-state index in [-0.39, 0.29) is 0 Å². The highest BCUT2D eigenvalue weighted by atomic mass is 35.5. The van der Waals surface area contributed by atoms with Gasteiger partial charge >= 0.3 is 0 Å². The topological polar surface area (TPSA) is 58.0 Å². The maximum absolute atomic E-state index is 10.2. The number of halogens is 1. The lowest BCUT2D eigenvalue weighted by molar-refractivity contribution is 0.191. The molecule has 1 aliphatic carbocycles. The summed E-state index contributed by atoms with van der Waals surface area (Å²) < 4.78 is 0. The highest BCUT2D eigenvalue weighted by Gasteiger charge is 2.28. The zero-order chi connectivity index (χ0) is 14.8. The number of aliphatic hydroxyl groups excluding tert-OH is 1. The predicted octanol–water partition coefficient (Wildman–Crippen LogP) is 3.46. The van der Waals surface area contributed by atoms with E-state index in [1.165, 1.54) is 0 Å². The molecule has 2 aromatic rings. The summed E-state index contributed by atoms with van der Waals surface area (Å²) in [6, 6.07) is 9.57. The van der Waals surface area contributed by atoms with Crippen molar-refractivity contribution >= 4 is 17.4 Å². The van der Waals surface area contributed by atoms with Crippen LogP contribution in [0, 0.1) is 6.92 Å². The van der Waals surface area contributed by atoms with Crippen molar-refractivity contribution in [3.63, 3.8) is 0 Å². The zero-order valence-electron chi connectivity index (χ0n) is 11.9. The van der Waals surface area contributed by atoms with Crippen molar-refractivity contribution in [3.05, 3.63) is 52.4 Å². The molecule has 1 aromatic heterocycles. The number of aromatic nitrogens is 2. The minimum absolute atomic E-state index is 0.391. The van der Waals surface area contributed by atoms with Gasteiger partial charge in [-0.25, -0.2) is 9.97 Å². The number of anilines is 1. The highest BCUT2D eigenvalue weighted by molar-refractivity contribution is 6.30. The Morgan fingerprint density at radius 1 is 1.29 bits per heavy atom. The van der Waals surface area contributed by atoms with Crippen molar-refractivity contribution in [3.8, 4) is 0 Å². The van der Waals surface area contributed by atoms with Crippen molar-refractivity contribution < 1.29 is 5.11 Å². The third-order valence-corrected chi connectivity index (χ3v) is 4.06. The van der Waals surface area contributed by atoms with Crippen molar-refractivity contribution in [2.45, 2.75) is 31.8 Å². The average molecular weight is 304 g/mol. The van der Waals surface area contributed by atoms with Crippen molar-refractivity contribution in [1.29, 1.82) is 0 Å². The quantitative estimate of drug-likeness (QED) is 0.831. The number of nitrogens with one attached hydrogen (secondary N) is 1. The van der Waals surface area contributed by atoms with Crippen LogP contribution in [0.1, 0.15) is 41.8 Å². The summed E-state index contributed by atoms with van der Waals surface area (Å²) in [5.41, 5.74) is 1.70. The lowest BCUT2D eigenvalue weighted by Crippen LogP contribution is -2.15. The third kappa shape index (κ3) is 3.34. The first-order chi connectivity index (χ1) is 10.1. The van der Waals surface area contributed by atoms with Gasteiger partial charge in [0.15, 0.2) is 0 Å². The Balaban J connectivity index is 1.72. The van der Waals surface area contributed by atoms with Crippen LogP contribution in [0.4, 0.5) is 5.82 Å². The monoisotopic (exact) mass is 303 g/mol. The Hall–Kier alpha value is -1.65. The number of rotatable bonds is 5. The van der Waals surface area contributed by atoms with Crippen molar-refractivity contribution in [1.82, 2.24) is 9.97 Å². The van der Waals surface area contributed by atoms with Crippen molar-refractivity contribution in [2.75, 3.05) is 11.9 Å². The van der Waals surface area contributed by atoms with Gasteiger partial charge in [0.25, 0.3) is 0 Å². The average Bonchev–Trinajstić information content (AvgIpc) is 3.34. The van der Waals surface area contributed by atoms with Crippen LogP contribution in [-0.4, -0.2) is 21.6 Å². The van der Waals surface area contributed by atoms with Gasteiger partial charge in [-0.1, -0.05) is 41.9 Å². The summed E-state index contributed by atoms with van der Waals surface area (Å²) in [6.07, 6.45) is 1.68. The van der Waals surface area contributed by atoms with E-state index < -0.39 is 6.10 Å². The molecule has 21 heavy (non-hydrogen) atoms. The molecular weight excluding hydrogens is 286 g/mol. The van der Waals surface area contributed by atoms with Crippen molar-refractivity contribution in [2.24, 2.45) is 0 Å². The van der Waals surface area contributed by atoms with E-state index in [0.29, 0.717) is 23.4 Å². The minimum Gasteiger partial charge on any atom is -0.387 e. The maximum Gasteiger partial charge on any atom is 0.137 e. The Morgan fingerprint density at radius 2 is 2.00 bits per heavy atom. The van der Waals surface area contributed by atoms with Gasteiger partial charge in [0.1, 0.15) is 16.8 Å². The van der Waals surface area contributed by atoms with Crippen LogP contribution in [0.3, 0.4) is 0 Å². The Kier molecular flexibility index (Phi) is 4.08. The summed E-state index contributed by atoms with van der Waals surface area (Å²) in [5.74, 6) is 1.97. The van der Waals surface area contributed by atoms with Gasteiger partial charge in [-0.15, -0.1) is 0 Å². The molecule has 4 nitrogen and oxygen atoms in total. The van der Waals surface area contributed by atoms with Crippen LogP contribution in [-0.2, 0) is 0 Å². The second kappa shape index (κ2) is 6.00. The summed E-state index contributed by atoms with van der Waals surface area (Å²) >= 11 is 6.17. The summed E-state index contributed by atoms with van der Waals surface area (Å²) in [6.45, 7) is 2.28. The van der Waals surface area contributed by atoms with Crippen LogP contribution in [0.25, 0.3) is 0 Å². The molecule has 0 radical (unpaired) electrons. The normalized spacial score (nSPS) is 15.8. The second-order valence-electron chi connectivity index (χ2n) is 5.43. The van der Waals surface area contributed by atoms with Gasteiger partial charge in [-0.2, -0.15) is 0 Å². The van der Waals surface area contributed by atoms with E-state index >= 15 is 0 Å². The molecule has 1 aromatic carbocycles. The second-order valence-corrected chi connectivity index (χ2v) is 5.79. The molecule has 1 unspecified atom stereocenters. The molecule has 0 aliphatic heterocycles. The molecule has 5 heteroatoms. The minimum atomic E-state index is -0.580. The molecule has 1 fully saturated rings. The molecular formula is C16H18ClN3O. The third-order valence-electron chi connectivity index (χ3n) is 3.69. The van der Waals surface area contributed by atoms with Gasteiger partial charge < -0.3 is 10.4 Å². The predicted molar refractivity (Wildman–Crippen MR) is 83.6 cm³/mol. The van der Waals surface area contributed by atoms with Gasteiger partial charge in [-0.3, -0.25) is 0 Å². The van der Waals surface area contributed by atoms with E-state index in [0.717, 1.165) is 29.8 Å². The van der Waals surface area contributed by atoms with Crippen LogP contribution in [0.2, 0.25) is 5.15 Å². The number of aliphatic hydroxyl groups is 1. The first-order valence-corrected chi connectivity index (χ1v) is 7.54. The number of nitrogens with zero attached hydrogens (tertiary/aromatic N) is 2. The van der Waals surface area contributed by atoms with Crippen LogP contribution in [0.5, 0.6) is 0 Å². The fraction of sp³-hybridized carbons (Fsp3) is 0.375. The molecule has 0 amide bonds. The van der Waals surface area contributed by atoms with E-state index in [9.17, 15) is 5.11 Å². The Bertz CT molecular complexity index is 629. The van der Waals surface area contributed by atoms with Gasteiger partial charge in [-0.05, 0) is 25.3 Å². The largest absolute Gasteiger partial charge is 0.387 e. The standard InChI is InChI=1S/C16H18ClN3O/c1-10-14(17)19-16(12-7-8-12)20-15(10)18-9-13(21)11-5-3-2-4-6-11/h2-6,12-13,21H,7-9H2,1H3,(H,18,19,20). The molecule has 1 saturated carbocycles. The van der Waals surface area contributed by atoms with Crippen LogP contribution in [0.15, 0.2) is 30.3 Å². The summed E-state index contributed by atoms with van der Waals surface area (Å²) in [4.78, 5) is 8.88. The molecule has 1 heterocycles. The number of hydrogen-bond acceptors (Lipinski definition) is 4. The smallest absolute Gasteiger partial charge is 0.137 e. The Morgan fingerprint density at radius 3 is 2.67 bits per heavy atom. The zero-order valence-corrected chi connectivity index (χ0v) is 12.6. The van der Waals surface area contributed by atoms with E-state index in [1.54, 1.807) is 0 Å². The summed E-state index contributed by atoms with van der Waals surface area (Å²) in [5, 5.41) is 13.9. The fourth-order valence-corrected chi connectivity index (χ4v) is 2.36. The van der Waals surface area contributed by atoms with E-state index in [2.05, 4.69) is 15.3 Å². The first kappa shape index (κ1) is 14.3. The van der Waals surface area contributed by atoms with Crippen LogP contribution >= 0.6 is 11.6 Å². The van der Waals surface area contributed by atoms with Gasteiger partial charge in [0, 0.05) is 18.0 Å². The lowest BCUT2D eigenvalue weighted by atomic mass is 10.1. The van der Waals surface area contributed by atoms with Gasteiger partial charge in [0.2, 0.25) is 0 Å². The molecule has 0 spiro atoms. The van der Waals surface area contributed by atoms with Gasteiger partial charge in [0.05, 0.1) is 6.10 Å². The SMILES string of the molecule is Cc1c(Cl)nc(C2CC2)nc1NCC(O)c1ccccc1. The number of benzene rings is 1.